The molecule has 0 aliphatic carbocycles. The van der Waals surface area contributed by atoms with Gasteiger partial charge in [-0.1, -0.05) is 19.1 Å². The highest BCUT2D eigenvalue weighted by molar-refractivity contribution is 9.10. The Bertz CT molecular complexity index is 643. The molecule has 1 aromatic heterocycles. The van der Waals surface area contributed by atoms with Crippen LogP contribution in [0.25, 0.3) is 0 Å². The number of halogens is 1. The number of para-hydroxylation sites is 1. The summed E-state index contributed by atoms with van der Waals surface area (Å²) in [5.41, 5.74) is 2.98. The van der Waals surface area contributed by atoms with Crippen LogP contribution in [0.3, 0.4) is 0 Å². The number of carbonyl (C=O) groups excluding carboxylic acids is 1. The number of rotatable bonds is 5. The van der Waals surface area contributed by atoms with Crippen LogP contribution in [0.15, 0.2) is 41.0 Å². The summed E-state index contributed by atoms with van der Waals surface area (Å²) in [5, 5.41) is 6.17. The predicted molar refractivity (Wildman–Crippen MR) is 89.8 cm³/mol. The van der Waals surface area contributed by atoms with Gasteiger partial charge in [0.15, 0.2) is 0 Å². The van der Waals surface area contributed by atoms with E-state index < -0.39 is 0 Å². The maximum Gasteiger partial charge on any atom is 0.259 e. The molecule has 21 heavy (non-hydrogen) atoms. The standard InChI is InChI=1S/C16H18BrN3O/c1-3-8-18-15-9-11(2)19-10-12(15)16(21)20-14-7-5-4-6-13(14)17/h4-7,9-10H,3,8H2,1-2H3,(H,18,19)(H,20,21). The minimum Gasteiger partial charge on any atom is -0.384 e. The van der Waals surface area contributed by atoms with Crippen LogP contribution in [0.4, 0.5) is 11.4 Å². The van der Waals surface area contributed by atoms with Gasteiger partial charge in [0, 0.05) is 22.9 Å². The lowest BCUT2D eigenvalue weighted by atomic mass is 10.2. The molecule has 0 atom stereocenters. The van der Waals surface area contributed by atoms with Gasteiger partial charge < -0.3 is 10.6 Å². The van der Waals surface area contributed by atoms with Crippen LogP contribution >= 0.6 is 15.9 Å². The van der Waals surface area contributed by atoms with Gasteiger partial charge in [0.2, 0.25) is 0 Å². The summed E-state index contributed by atoms with van der Waals surface area (Å²) in [6.45, 7) is 4.81. The van der Waals surface area contributed by atoms with E-state index in [9.17, 15) is 4.79 Å². The third kappa shape index (κ3) is 4.04. The number of anilines is 2. The van der Waals surface area contributed by atoms with E-state index in [0.717, 1.165) is 34.5 Å². The van der Waals surface area contributed by atoms with Gasteiger partial charge in [-0.3, -0.25) is 9.78 Å². The smallest absolute Gasteiger partial charge is 0.259 e. The molecule has 2 N–H and O–H groups in total. The maximum atomic E-state index is 12.4. The average molecular weight is 348 g/mol. The van der Waals surface area contributed by atoms with Crippen molar-refractivity contribution in [3.05, 3.63) is 52.3 Å². The fourth-order valence-electron chi connectivity index (χ4n) is 1.90. The number of hydrogen-bond acceptors (Lipinski definition) is 3. The van der Waals surface area contributed by atoms with Gasteiger partial charge >= 0.3 is 0 Å². The first-order valence-electron chi connectivity index (χ1n) is 6.88. The van der Waals surface area contributed by atoms with Crippen molar-refractivity contribution in [2.75, 3.05) is 17.2 Å². The van der Waals surface area contributed by atoms with E-state index in [0.29, 0.717) is 5.56 Å². The summed E-state index contributed by atoms with van der Waals surface area (Å²) in [7, 11) is 0. The second-order valence-corrected chi connectivity index (χ2v) is 5.59. The topological polar surface area (TPSA) is 54.0 Å². The summed E-state index contributed by atoms with van der Waals surface area (Å²) in [4.78, 5) is 16.7. The zero-order valence-electron chi connectivity index (χ0n) is 12.1. The fraction of sp³-hybridized carbons (Fsp3) is 0.250. The highest BCUT2D eigenvalue weighted by atomic mass is 79.9. The van der Waals surface area contributed by atoms with Crippen LogP contribution in [-0.2, 0) is 0 Å². The Morgan fingerprint density at radius 3 is 2.76 bits per heavy atom. The molecule has 2 aromatic rings. The maximum absolute atomic E-state index is 12.4. The van der Waals surface area contributed by atoms with Crippen LogP contribution in [0.1, 0.15) is 29.4 Å². The van der Waals surface area contributed by atoms with E-state index in [1.807, 2.05) is 37.3 Å². The summed E-state index contributed by atoms with van der Waals surface area (Å²) in [6.07, 6.45) is 2.60. The van der Waals surface area contributed by atoms with Crippen LogP contribution in [-0.4, -0.2) is 17.4 Å². The Labute approximate surface area is 133 Å². The summed E-state index contributed by atoms with van der Waals surface area (Å²) < 4.78 is 0.849. The number of nitrogens with one attached hydrogen (secondary N) is 2. The Balaban J connectivity index is 2.24. The number of nitrogens with zero attached hydrogens (tertiary/aromatic N) is 1. The molecule has 0 fully saturated rings. The molecular weight excluding hydrogens is 330 g/mol. The molecular formula is C16H18BrN3O. The molecule has 0 radical (unpaired) electrons. The molecule has 0 saturated heterocycles. The number of benzene rings is 1. The monoisotopic (exact) mass is 347 g/mol. The average Bonchev–Trinajstić information content (AvgIpc) is 2.47. The molecule has 1 amide bonds. The molecule has 0 unspecified atom stereocenters. The number of carbonyl (C=O) groups is 1. The lowest BCUT2D eigenvalue weighted by molar-refractivity contribution is 0.102. The van der Waals surface area contributed by atoms with Crippen LogP contribution in [0, 0.1) is 6.92 Å². The van der Waals surface area contributed by atoms with E-state index in [-0.39, 0.29) is 5.91 Å². The number of amides is 1. The van der Waals surface area contributed by atoms with Crippen molar-refractivity contribution >= 4 is 33.2 Å². The molecule has 2 rings (SSSR count). The molecule has 110 valence electrons. The molecule has 0 aliphatic heterocycles. The third-order valence-electron chi connectivity index (χ3n) is 2.97. The van der Waals surface area contributed by atoms with E-state index in [4.69, 9.17) is 0 Å². The normalized spacial score (nSPS) is 10.2. The molecule has 1 aromatic carbocycles. The highest BCUT2D eigenvalue weighted by Crippen LogP contribution is 2.23. The summed E-state index contributed by atoms with van der Waals surface area (Å²) in [6, 6.07) is 9.41. The highest BCUT2D eigenvalue weighted by Gasteiger charge is 2.13. The number of pyridine rings is 1. The van der Waals surface area contributed by atoms with E-state index in [1.54, 1.807) is 6.20 Å². The molecule has 0 spiro atoms. The lowest BCUT2D eigenvalue weighted by Gasteiger charge is -2.13. The van der Waals surface area contributed by atoms with Crippen molar-refractivity contribution in [3.8, 4) is 0 Å². The Kier molecular flexibility index (Phi) is 5.33. The first kappa shape index (κ1) is 15.5. The van der Waals surface area contributed by atoms with Crippen molar-refractivity contribution < 1.29 is 4.79 Å². The molecule has 0 aliphatic rings. The van der Waals surface area contributed by atoms with Gasteiger partial charge in [-0.2, -0.15) is 0 Å². The molecule has 1 heterocycles. The van der Waals surface area contributed by atoms with Gasteiger partial charge in [-0.15, -0.1) is 0 Å². The second kappa shape index (κ2) is 7.22. The largest absolute Gasteiger partial charge is 0.384 e. The number of aryl methyl sites for hydroxylation is 1. The SMILES string of the molecule is CCCNc1cc(C)ncc1C(=O)Nc1ccccc1Br. The third-order valence-corrected chi connectivity index (χ3v) is 3.66. The summed E-state index contributed by atoms with van der Waals surface area (Å²) >= 11 is 3.42. The van der Waals surface area contributed by atoms with Gasteiger partial charge in [-0.25, -0.2) is 0 Å². The van der Waals surface area contributed by atoms with E-state index in [2.05, 4.69) is 38.5 Å². The van der Waals surface area contributed by atoms with E-state index in [1.165, 1.54) is 0 Å². The molecule has 5 heteroatoms. The van der Waals surface area contributed by atoms with Gasteiger partial charge in [0.25, 0.3) is 5.91 Å². The minimum absolute atomic E-state index is 0.173. The Morgan fingerprint density at radius 2 is 2.05 bits per heavy atom. The molecule has 4 nitrogen and oxygen atoms in total. The van der Waals surface area contributed by atoms with Crippen LogP contribution < -0.4 is 10.6 Å². The van der Waals surface area contributed by atoms with E-state index >= 15 is 0 Å². The fourth-order valence-corrected chi connectivity index (χ4v) is 2.28. The minimum atomic E-state index is -0.173. The van der Waals surface area contributed by atoms with Crippen LogP contribution in [0.2, 0.25) is 0 Å². The van der Waals surface area contributed by atoms with Crippen molar-refractivity contribution in [2.45, 2.75) is 20.3 Å². The van der Waals surface area contributed by atoms with Crippen molar-refractivity contribution in [3.63, 3.8) is 0 Å². The number of aromatic nitrogens is 1. The van der Waals surface area contributed by atoms with Gasteiger partial charge in [-0.05, 0) is 47.5 Å². The first-order valence-corrected chi connectivity index (χ1v) is 7.67. The zero-order chi connectivity index (χ0) is 15.2. The molecule has 0 saturated carbocycles. The molecule has 0 bridgehead atoms. The van der Waals surface area contributed by atoms with Crippen molar-refractivity contribution in [2.24, 2.45) is 0 Å². The summed E-state index contributed by atoms with van der Waals surface area (Å²) in [5.74, 6) is -0.173. The second-order valence-electron chi connectivity index (χ2n) is 4.73. The van der Waals surface area contributed by atoms with Gasteiger partial charge in [0.05, 0.1) is 16.9 Å². The quantitative estimate of drug-likeness (QED) is 0.850. The lowest BCUT2D eigenvalue weighted by Crippen LogP contribution is -2.16. The van der Waals surface area contributed by atoms with Crippen molar-refractivity contribution in [1.82, 2.24) is 4.98 Å². The Morgan fingerprint density at radius 1 is 1.29 bits per heavy atom. The van der Waals surface area contributed by atoms with Gasteiger partial charge in [0.1, 0.15) is 0 Å². The predicted octanol–water partition coefficient (Wildman–Crippen LogP) is 4.23. The first-order chi connectivity index (χ1) is 10.1. The van der Waals surface area contributed by atoms with Crippen molar-refractivity contribution in [1.29, 1.82) is 0 Å². The zero-order valence-corrected chi connectivity index (χ0v) is 13.7. The number of hydrogen-bond donors (Lipinski definition) is 2. The van der Waals surface area contributed by atoms with Crippen LogP contribution in [0.5, 0.6) is 0 Å². The Hall–Kier alpha value is -1.88.